The van der Waals surface area contributed by atoms with Gasteiger partial charge < -0.3 is 10.1 Å². The molecule has 0 aromatic heterocycles. The van der Waals surface area contributed by atoms with Crippen LogP contribution in [-0.2, 0) is 6.42 Å². The smallest absolute Gasteiger partial charge is 0.357 e. The lowest BCUT2D eigenvalue weighted by molar-refractivity contribution is 0.360. The summed E-state index contributed by atoms with van der Waals surface area (Å²) in [5.41, 5.74) is 1.30. The van der Waals surface area contributed by atoms with Gasteiger partial charge in [-0.05, 0) is 49.0 Å². The van der Waals surface area contributed by atoms with E-state index in [0.29, 0.717) is 5.92 Å². The summed E-state index contributed by atoms with van der Waals surface area (Å²) in [6, 6.07) is 8.10. The van der Waals surface area contributed by atoms with Crippen LogP contribution >= 0.6 is 0 Å². The lowest BCUT2D eigenvalue weighted by Gasteiger charge is -2.14. The van der Waals surface area contributed by atoms with Crippen molar-refractivity contribution < 1.29 is 4.74 Å². The van der Waals surface area contributed by atoms with Gasteiger partial charge in [0.2, 0.25) is 0 Å². The van der Waals surface area contributed by atoms with Crippen LogP contribution in [0.4, 0.5) is 0 Å². The van der Waals surface area contributed by atoms with Gasteiger partial charge in [-0.3, -0.25) is 4.85 Å². The standard InChI is InChI=1S/C14H18N2O/c1-11-8-16-9-13(11)6-12-4-3-5-14(7-12)17-10-15-2/h3-5,7,11,13,16H,6,8-10H2,1H3/t11-,13+/m0/s1. The molecule has 0 amide bonds. The minimum atomic E-state index is 0.102. The van der Waals surface area contributed by atoms with E-state index in [1.54, 1.807) is 0 Å². The number of hydrogen-bond acceptors (Lipinski definition) is 2. The Labute approximate surface area is 103 Å². The van der Waals surface area contributed by atoms with Crippen molar-refractivity contribution >= 4 is 0 Å². The summed E-state index contributed by atoms with van der Waals surface area (Å²) in [7, 11) is 0. The average Bonchev–Trinajstić information content (AvgIpc) is 2.73. The first kappa shape index (κ1) is 11.9. The number of nitrogens with zero attached hydrogens (tertiary/aromatic N) is 1. The number of hydrogen-bond donors (Lipinski definition) is 1. The molecule has 1 N–H and O–H groups in total. The Morgan fingerprint density at radius 3 is 3.06 bits per heavy atom. The van der Waals surface area contributed by atoms with Crippen LogP contribution in [0.25, 0.3) is 4.85 Å². The maximum Gasteiger partial charge on any atom is 0.357 e. The van der Waals surface area contributed by atoms with Gasteiger partial charge in [0.1, 0.15) is 5.75 Å². The van der Waals surface area contributed by atoms with Crippen molar-refractivity contribution in [3.63, 3.8) is 0 Å². The molecule has 1 saturated heterocycles. The predicted molar refractivity (Wildman–Crippen MR) is 67.8 cm³/mol. The summed E-state index contributed by atoms with van der Waals surface area (Å²) in [5, 5.41) is 3.42. The SMILES string of the molecule is [C-]#[N+]COc1cccc(C[C@@H]2CNC[C@@H]2C)c1. The lowest BCUT2D eigenvalue weighted by atomic mass is 9.91. The van der Waals surface area contributed by atoms with Gasteiger partial charge >= 0.3 is 6.73 Å². The van der Waals surface area contributed by atoms with Gasteiger partial charge in [0.15, 0.2) is 0 Å². The first-order valence-electron chi connectivity index (χ1n) is 6.05. The zero-order valence-electron chi connectivity index (χ0n) is 10.1. The fourth-order valence-corrected chi connectivity index (χ4v) is 2.31. The van der Waals surface area contributed by atoms with Crippen molar-refractivity contribution in [2.75, 3.05) is 19.8 Å². The molecule has 2 rings (SSSR count). The summed E-state index contributed by atoms with van der Waals surface area (Å²) in [6.45, 7) is 11.3. The number of rotatable bonds is 4. The predicted octanol–water partition coefficient (Wildman–Crippen LogP) is 2.34. The molecule has 3 heteroatoms. The number of benzene rings is 1. The Hall–Kier alpha value is -1.53. The van der Waals surface area contributed by atoms with Gasteiger partial charge in [0, 0.05) is 0 Å². The molecule has 90 valence electrons. The van der Waals surface area contributed by atoms with Crippen molar-refractivity contribution in [1.82, 2.24) is 5.32 Å². The zero-order valence-corrected chi connectivity index (χ0v) is 10.1. The van der Waals surface area contributed by atoms with Gasteiger partial charge in [-0.1, -0.05) is 19.1 Å². The summed E-state index contributed by atoms with van der Waals surface area (Å²) in [6.07, 6.45) is 1.09. The molecule has 0 aliphatic carbocycles. The van der Waals surface area contributed by atoms with E-state index in [1.807, 2.05) is 12.1 Å². The van der Waals surface area contributed by atoms with Crippen molar-refractivity contribution in [3.8, 4) is 5.75 Å². The largest absolute Gasteiger partial charge is 0.426 e. The minimum Gasteiger partial charge on any atom is -0.426 e. The molecule has 0 saturated carbocycles. The van der Waals surface area contributed by atoms with E-state index in [9.17, 15) is 0 Å². The van der Waals surface area contributed by atoms with Crippen molar-refractivity contribution in [2.24, 2.45) is 11.8 Å². The Bertz CT molecular complexity index is 411. The van der Waals surface area contributed by atoms with E-state index in [2.05, 4.69) is 29.2 Å². The maximum atomic E-state index is 6.70. The minimum absolute atomic E-state index is 0.102. The highest BCUT2D eigenvalue weighted by molar-refractivity contribution is 5.29. The average molecular weight is 230 g/mol. The number of ether oxygens (including phenoxy) is 1. The van der Waals surface area contributed by atoms with Crippen LogP contribution in [0.5, 0.6) is 5.75 Å². The molecule has 1 fully saturated rings. The van der Waals surface area contributed by atoms with E-state index < -0.39 is 0 Å². The van der Waals surface area contributed by atoms with Crippen molar-refractivity contribution in [1.29, 1.82) is 0 Å². The van der Waals surface area contributed by atoms with Gasteiger partial charge in [0.05, 0.1) is 0 Å². The van der Waals surface area contributed by atoms with E-state index in [0.717, 1.165) is 31.2 Å². The van der Waals surface area contributed by atoms with Gasteiger partial charge in [-0.2, -0.15) is 0 Å². The molecule has 17 heavy (non-hydrogen) atoms. The maximum absolute atomic E-state index is 6.70. The zero-order chi connectivity index (χ0) is 12.1. The Morgan fingerprint density at radius 1 is 1.47 bits per heavy atom. The molecule has 0 radical (unpaired) electrons. The molecule has 1 aliphatic heterocycles. The summed E-state index contributed by atoms with van der Waals surface area (Å²) in [5.74, 6) is 2.26. The second-order valence-electron chi connectivity index (χ2n) is 4.68. The van der Waals surface area contributed by atoms with Gasteiger partial charge in [-0.15, -0.1) is 0 Å². The monoisotopic (exact) mass is 230 g/mol. The second kappa shape index (κ2) is 5.70. The molecule has 1 heterocycles. The first-order valence-corrected chi connectivity index (χ1v) is 6.05. The summed E-state index contributed by atoms with van der Waals surface area (Å²) in [4.78, 5) is 3.19. The molecule has 1 aromatic rings. The van der Waals surface area contributed by atoms with Crippen LogP contribution in [0.1, 0.15) is 12.5 Å². The molecule has 0 unspecified atom stereocenters. The molecule has 1 aromatic carbocycles. The molecule has 0 spiro atoms. The second-order valence-corrected chi connectivity index (χ2v) is 4.68. The third-order valence-electron chi connectivity index (χ3n) is 3.37. The van der Waals surface area contributed by atoms with E-state index in [4.69, 9.17) is 11.3 Å². The summed E-state index contributed by atoms with van der Waals surface area (Å²) >= 11 is 0. The highest BCUT2D eigenvalue weighted by Gasteiger charge is 2.22. The van der Waals surface area contributed by atoms with Crippen LogP contribution in [0.2, 0.25) is 0 Å². The third kappa shape index (κ3) is 3.21. The Morgan fingerprint density at radius 2 is 2.35 bits per heavy atom. The van der Waals surface area contributed by atoms with E-state index >= 15 is 0 Å². The van der Waals surface area contributed by atoms with Crippen LogP contribution in [-0.4, -0.2) is 19.8 Å². The first-order chi connectivity index (χ1) is 8.29. The topological polar surface area (TPSA) is 25.6 Å². The van der Waals surface area contributed by atoms with E-state index in [1.165, 1.54) is 5.56 Å². The van der Waals surface area contributed by atoms with Crippen molar-refractivity contribution in [2.45, 2.75) is 13.3 Å². The molecular formula is C14H18N2O. The molecular weight excluding hydrogens is 212 g/mol. The van der Waals surface area contributed by atoms with Crippen LogP contribution in [0, 0.1) is 18.4 Å². The molecule has 2 atom stereocenters. The fraction of sp³-hybridized carbons (Fsp3) is 0.500. The third-order valence-corrected chi connectivity index (χ3v) is 3.37. The van der Waals surface area contributed by atoms with E-state index in [-0.39, 0.29) is 6.73 Å². The molecule has 3 nitrogen and oxygen atoms in total. The Kier molecular flexibility index (Phi) is 4.00. The molecule has 1 aliphatic rings. The van der Waals surface area contributed by atoms with Crippen molar-refractivity contribution in [3.05, 3.63) is 41.2 Å². The van der Waals surface area contributed by atoms with Gasteiger partial charge in [0.25, 0.3) is 0 Å². The fourth-order valence-electron chi connectivity index (χ4n) is 2.31. The highest BCUT2D eigenvalue weighted by Crippen LogP contribution is 2.23. The molecule has 0 bridgehead atoms. The van der Waals surface area contributed by atoms with Crippen LogP contribution in [0.15, 0.2) is 24.3 Å². The number of nitrogens with one attached hydrogen (secondary N) is 1. The highest BCUT2D eigenvalue weighted by atomic mass is 16.5. The lowest BCUT2D eigenvalue weighted by Crippen LogP contribution is -2.12. The van der Waals surface area contributed by atoms with Crippen LogP contribution in [0.3, 0.4) is 0 Å². The normalized spacial score (nSPS) is 23.3. The van der Waals surface area contributed by atoms with Crippen LogP contribution < -0.4 is 10.1 Å². The summed E-state index contributed by atoms with van der Waals surface area (Å²) < 4.78 is 5.32. The quantitative estimate of drug-likeness (QED) is 0.803. The Balaban J connectivity index is 1.98. The van der Waals surface area contributed by atoms with Gasteiger partial charge in [-0.25, -0.2) is 6.57 Å².